The molecule has 0 bridgehead atoms. The van der Waals surface area contributed by atoms with E-state index in [1.807, 2.05) is 73.7 Å². The lowest BCUT2D eigenvalue weighted by atomic mass is 10.1. The van der Waals surface area contributed by atoms with E-state index in [9.17, 15) is 5.21 Å². The molecule has 3 rings (SSSR count). The minimum atomic E-state index is 0.802. The van der Waals surface area contributed by atoms with Crippen molar-refractivity contribution in [1.29, 1.82) is 0 Å². The van der Waals surface area contributed by atoms with Gasteiger partial charge in [0.15, 0.2) is 0 Å². The third-order valence-electron chi connectivity index (χ3n) is 3.36. The van der Waals surface area contributed by atoms with Gasteiger partial charge in [0, 0.05) is 10.5 Å². The van der Waals surface area contributed by atoms with Gasteiger partial charge in [0.2, 0.25) is 0 Å². The SMILES string of the molecule is C/C=C\C=C1/SC(c2ccccc2)=C(c2ccccc2)N1O. The molecule has 0 aliphatic carbocycles. The summed E-state index contributed by atoms with van der Waals surface area (Å²) in [5, 5.41) is 12.7. The highest BCUT2D eigenvalue weighted by molar-refractivity contribution is 8.12. The quantitative estimate of drug-likeness (QED) is 0.825. The lowest BCUT2D eigenvalue weighted by Crippen LogP contribution is -2.11. The molecule has 0 amide bonds. The minimum Gasteiger partial charge on any atom is -0.283 e. The van der Waals surface area contributed by atoms with Crippen LogP contribution in [0.25, 0.3) is 10.6 Å². The van der Waals surface area contributed by atoms with E-state index < -0.39 is 0 Å². The fraction of sp³-hybridized carbons (Fsp3) is 0.0526. The van der Waals surface area contributed by atoms with Crippen LogP contribution in [0.5, 0.6) is 0 Å². The maximum absolute atomic E-state index is 10.6. The van der Waals surface area contributed by atoms with Crippen LogP contribution < -0.4 is 0 Å². The van der Waals surface area contributed by atoms with Gasteiger partial charge in [0.1, 0.15) is 5.03 Å². The van der Waals surface area contributed by atoms with E-state index in [0.717, 1.165) is 26.8 Å². The Kier molecular flexibility index (Phi) is 4.47. The second-order valence-corrected chi connectivity index (χ2v) is 5.88. The third-order valence-corrected chi connectivity index (χ3v) is 4.51. The van der Waals surface area contributed by atoms with Gasteiger partial charge in [-0.05, 0) is 18.6 Å². The van der Waals surface area contributed by atoms with Gasteiger partial charge in [-0.25, -0.2) is 5.06 Å². The first-order valence-electron chi connectivity index (χ1n) is 7.16. The highest BCUT2D eigenvalue weighted by Crippen LogP contribution is 2.49. The van der Waals surface area contributed by atoms with Crippen LogP contribution in [0.1, 0.15) is 18.1 Å². The molecule has 0 spiro atoms. The zero-order chi connectivity index (χ0) is 15.4. The summed E-state index contributed by atoms with van der Waals surface area (Å²) in [5.41, 5.74) is 2.93. The number of thioether (sulfide) groups is 1. The predicted molar refractivity (Wildman–Crippen MR) is 93.8 cm³/mol. The summed E-state index contributed by atoms with van der Waals surface area (Å²) in [4.78, 5) is 1.06. The lowest BCUT2D eigenvalue weighted by molar-refractivity contribution is 0.0224. The van der Waals surface area contributed by atoms with Gasteiger partial charge >= 0.3 is 0 Å². The molecule has 22 heavy (non-hydrogen) atoms. The average molecular weight is 307 g/mol. The summed E-state index contributed by atoms with van der Waals surface area (Å²) in [7, 11) is 0. The van der Waals surface area contributed by atoms with Gasteiger partial charge in [0.05, 0.1) is 5.70 Å². The molecule has 0 unspecified atom stereocenters. The van der Waals surface area contributed by atoms with Crippen molar-refractivity contribution in [2.75, 3.05) is 0 Å². The lowest BCUT2D eigenvalue weighted by Gasteiger charge is -2.15. The molecule has 1 aliphatic rings. The highest BCUT2D eigenvalue weighted by Gasteiger charge is 2.28. The van der Waals surface area contributed by atoms with Crippen LogP contribution in [0.15, 0.2) is 83.9 Å². The molecule has 0 radical (unpaired) electrons. The molecule has 0 aromatic heterocycles. The maximum atomic E-state index is 10.6. The molecule has 0 saturated carbocycles. The van der Waals surface area contributed by atoms with Crippen molar-refractivity contribution >= 4 is 22.4 Å². The molecule has 2 aromatic rings. The van der Waals surface area contributed by atoms with Crippen molar-refractivity contribution in [2.24, 2.45) is 0 Å². The normalized spacial score (nSPS) is 17.0. The molecule has 1 N–H and O–H groups in total. The van der Waals surface area contributed by atoms with E-state index >= 15 is 0 Å². The summed E-state index contributed by atoms with van der Waals surface area (Å²) < 4.78 is 0. The Morgan fingerprint density at radius 1 is 0.909 bits per heavy atom. The molecular weight excluding hydrogens is 290 g/mol. The number of hydrogen-bond donors (Lipinski definition) is 1. The van der Waals surface area contributed by atoms with Crippen LogP contribution in [-0.2, 0) is 0 Å². The van der Waals surface area contributed by atoms with Crippen molar-refractivity contribution in [3.8, 4) is 0 Å². The van der Waals surface area contributed by atoms with Gasteiger partial charge in [-0.1, -0.05) is 84.6 Å². The summed E-state index contributed by atoms with van der Waals surface area (Å²) in [6.45, 7) is 1.96. The first-order chi connectivity index (χ1) is 10.8. The number of hydroxylamine groups is 2. The first-order valence-corrected chi connectivity index (χ1v) is 7.98. The molecular formula is C19H17NOS. The van der Waals surface area contributed by atoms with Crippen LogP contribution in [0, 0.1) is 0 Å². The van der Waals surface area contributed by atoms with Gasteiger partial charge in [-0.2, -0.15) is 0 Å². The zero-order valence-corrected chi connectivity index (χ0v) is 13.1. The summed E-state index contributed by atoms with van der Waals surface area (Å²) in [6.07, 6.45) is 5.80. The minimum absolute atomic E-state index is 0.802. The molecule has 1 heterocycles. The average Bonchev–Trinajstić information content (AvgIpc) is 2.91. The van der Waals surface area contributed by atoms with Gasteiger partial charge in [0.25, 0.3) is 0 Å². The van der Waals surface area contributed by atoms with Crippen molar-refractivity contribution in [3.05, 3.63) is 95.0 Å². The Hall–Kier alpha value is -2.23. The molecule has 3 heteroatoms. The van der Waals surface area contributed by atoms with Crippen molar-refractivity contribution in [2.45, 2.75) is 6.92 Å². The molecule has 110 valence electrons. The third kappa shape index (κ3) is 2.86. The predicted octanol–water partition coefficient (Wildman–Crippen LogP) is 5.37. The Bertz CT molecular complexity index is 733. The van der Waals surface area contributed by atoms with E-state index in [4.69, 9.17) is 0 Å². The van der Waals surface area contributed by atoms with E-state index in [-0.39, 0.29) is 0 Å². The van der Waals surface area contributed by atoms with Crippen LogP contribution in [0.3, 0.4) is 0 Å². The first kappa shape index (κ1) is 14.7. The monoisotopic (exact) mass is 307 g/mol. The van der Waals surface area contributed by atoms with E-state index in [0.29, 0.717) is 0 Å². The summed E-state index contributed by atoms with van der Waals surface area (Å²) >= 11 is 1.58. The maximum Gasteiger partial charge on any atom is 0.107 e. The zero-order valence-electron chi connectivity index (χ0n) is 12.3. The van der Waals surface area contributed by atoms with Crippen molar-refractivity contribution in [3.63, 3.8) is 0 Å². The summed E-state index contributed by atoms with van der Waals surface area (Å²) in [5.74, 6) is 0. The smallest absolute Gasteiger partial charge is 0.107 e. The second-order valence-electron chi connectivity index (χ2n) is 4.85. The largest absolute Gasteiger partial charge is 0.283 e. The van der Waals surface area contributed by atoms with Gasteiger partial charge < -0.3 is 0 Å². The molecule has 2 aromatic carbocycles. The van der Waals surface area contributed by atoms with Gasteiger partial charge in [-0.3, -0.25) is 5.21 Å². The molecule has 2 nitrogen and oxygen atoms in total. The van der Waals surface area contributed by atoms with E-state index in [1.165, 1.54) is 5.06 Å². The topological polar surface area (TPSA) is 23.5 Å². The number of hydrogen-bond acceptors (Lipinski definition) is 3. The Labute approximate surface area is 135 Å². The van der Waals surface area contributed by atoms with Crippen LogP contribution in [-0.4, -0.2) is 10.3 Å². The Morgan fingerprint density at radius 2 is 1.50 bits per heavy atom. The Morgan fingerprint density at radius 3 is 2.09 bits per heavy atom. The van der Waals surface area contributed by atoms with Gasteiger partial charge in [-0.15, -0.1) is 0 Å². The number of rotatable bonds is 3. The van der Waals surface area contributed by atoms with Crippen LogP contribution >= 0.6 is 11.8 Å². The number of allylic oxidation sites excluding steroid dienone is 3. The standard InChI is InChI=1S/C19H17NOS/c1-2-3-14-17-20(21)18(15-10-6-4-7-11-15)19(22-17)16-12-8-5-9-13-16/h2-14,21H,1H3/b3-2-,17-14-. The molecule has 1 aliphatic heterocycles. The van der Waals surface area contributed by atoms with Crippen molar-refractivity contribution < 1.29 is 5.21 Å². The van der Waals surface area contributed by atoms with Crippen LogP contribution in [0.4, 0.5) is 0 Å². The highest BCUT2D eigenvalue weighted by atomic mass is 32.2. The van der Waals surface area contributed by atoms with Crippen molar-refractivity contribution in [1.82, 2.24) is 5.06 Å². The molecule has 0 fully saturated rings. The number of benzene rings is 2. The summed E-state index contributed by atoms with van der Waals surface area (Å²) in [6, 6.07) is 20.1. The van der Waals surface area contributed by atoms with E-state index in [2.05, 4.69) is 12.1 Å². The fourth-order valence-electron chi connectivity index (χ4n) is 2.32. The molecule has 0 saturated heterocycles. The Balaban J connectivity index is 2.12. The van der Waals surface area contributed by atoms with E-state index in [1.54, 1.807) is 11.8 Å². The molecule has 0 atom stereocenters. The number of nitrogens with zero attached hydrogens (tertiary/aromatic N) is 1. The second kappa shape index (κ2) is 6.69. The fourth-order valence-corrected chi connectivity index (χ4v) is 3.41. The van der Waals surface area contributed by atoms with Crippen LogP contribution in [0.2, 0.25) is 0 Å².